The molecule has 24 heavy (non-hydrogen) atoms. The second kappa shape index (κ2) is 7.47. The molecule has 0 radical (unpaired) electrons. The minimum Gasteiger partial charge on any atom is -0.466 e. The third kappa shape index (κ3) is 3.75. The zero-order valence-electron chi connectivity index (χ0n) is 14.0. The fraction of sp³-hybridized carbons (Fsp3) is 0.400. The van der Waals surface area contributed by atoms with Crippen molar-refractivity contribution < 1.29 is 14.3 Å². The number of carbonyl (C=O) groups excluding carboxylic acids is 2. The Bertz CT molecular complexity index is 647. The van der Waals surface area contributed by atoms with E-state index in [-0.39, 0.29) is 12.3 Å². The molecule has 1 aliphatic carbocycles. The van der Waals surface area contributed by atoms with E-state index in [9.17, 15) is 9.59 Å². The fourth-order valence-corrected chi connectivity index (χ4v) is 3.56. The Morgan fingerprint density at radius 2 is 1.75 bits per heavy atom. The topological polar surface area (TPSA) is 46.6 Å². The number of likely N-dealkylation sites (tertiary alicyclic amines) is 1. The molecule has 2 atom stereocenters. The van der Waals surface area contributed by atoms with Gasteiger partial charge >= 0.3 is 5.97 Å². The second-order valence-electron chi connectivity index (χ2n) is 6.51. The summed E-state index contributed by atoms with van der Waals surface area (Å²) in [6.45, 7) is 1.60. The van der Waals surface area contributed by atoms with Gasteiger partial charge in [0.15, 0.2) is 0 Å². The number of ether oxygens (including phenoxy) is 1. The first kappa shape index (κ1) is 16.5. The first-order chi connectivity index (χ1) is 11.7. The van der Waals surface area contributed by atoms with Gasteiger partial charge in [-0.15, -0.1) is 0 Å². The molecule has 0 N–H and O–H groups in total. The summed E-state index contributed by atoms with van der Waals surface area (Å²) in [6.07, 6.45) is 8.37. The van der Waals surface area contributed by atoms with E-state index in [1.807, 2.05) is 35.2 Å². The quantitative estimate of drug-likeness (QED) is 0.485. The maximum atomic E-state index is 12.7. The first-order valence-corrected chi connectivity index (χ1v) is 8.44. The molecule has 1 heterocycles. The molecule has 4 heteroatoms. The number of methoxy groups -OCH3 is 1. The molecule has 2 aliphatic rings. The predicted octanol–water partition coefficient (Wildman–Crippen LogP) is 3.06. The number of hydrogen-bond donors (Lipinski definition) is 0. The molecule has 0 unspecified atom stereocenters. The van der Waals surface area contributed by atoms with E-state index in [1.165, 1.54) is 7.11 Å². The summed E-state index contributed by atoms with van der Waals surface area (Å²) in [5.41, 5.74) is 1.30. The maximum Gasteiger partial charge on any atom is 0.334 e. The highest BCUT2D eigenvalue weighted by Gasteiger charge is 2.35. The number of amides is 1. The molecule has 1 amide bonds. The fourth-order valence-electron chi connectivity index (χ4n) is 3.56. The van der Waals surface area contributed by atoms with Crippen LogP contribution in [0, 0.1) is 11.8 Å². The number of rotatable bonds is 4. The molecule has 126 valence electrons. The third-order valence-corrected chi connectivity index (χ3v) is 4.90. The Kier molecular flexibility index (Phi) is 5.14. The average molecular weight is 325 g/mol. The van der Waals surface area contributed by atoms with Gasteiger partial charge in [-0.2, -0.15) is 0 Å². The van der Waals surface area contributed by atoms with E-state index >= 15 is 0 Å². The van der Waals surface area contributed by atoms with Gasteiger partial charge in [0, 0.05) is 18.7 Å². The molecular formula is C20H23NO3. The van der Waals surface area contributed by atoms with Gasteiger partial charge in [-0.3, -0.25) is 4.79 Å². The summed E-state index contributed by atoms with van der Waals surface area (Å²) in [5.74, 6) is 0.708. The molecule has 0 aromatic heterocycles. The second-order valence-corrected chi connectivity index (χ2v) is 6.51. The number of fused-ring (bicyclic) bond motifs is 1. The SMILES string of the molecule is COC(=O)C(=Cc1ccccc1)CC(=O)N1C[C@H]2CC=CC[C@H]2C1. The van der Waals surface area contributed by atoms with Crippen molar-refractivity contribution in [3.05, 3.63) is 53.6 Å². The van der Waals surface area contributed by atoms with Gasteiger partial charge in [0.25, 0.3) is 0 Å². The largest absolute Gasteiger partial charge is 0.466 e. The molecule has 1 fully saturated rings. The molecule has 3 rings (SSSR count). The van der Waals surface area contributed by atoms with Crippen LogP contribution in [0.5, 0.6) is 0 Å². The van der Waals surface area contributed by atoms with Crippen LogP contribution < -0.4 is 0 Å². The maximum absolute atomic E-state index is 12.7. The number of hydrogen-bond acceptors (Lipinski definition) is 3. The van der Waals surface area contributed by atoms with E-state index in [0.29, 0.717) is 17.4 Å². The summed E-state index contributed by atoms with van der Waals surface area (Å²) in [5, 5.41) is 0. The van der Waals surface area contributed by atoms with Gasteiger partial charge < -0.3 is 9.64 Å². The summed E-state index contributed by atoms with van der Waals surface area (Å²) in [7, 11) is 1.35. The number of esters is 1. The molecule has 0 saturated carbocycles. The van der Waals surface area contributed by atoms with Crippen LogP contribution in [0.1, 0.15) is 24.8 Å². The van der Waals surface area contributed by atoms with Crippen molar-refractivity contribution in [1.82, 2.24) is 4.90 Å². The zero-order valence-corrected chi connectivity index (χ0v) is 14.0. The lowest BCUT2D eigenvalue weighted by atomic mass is 9.86. The Hall–Kier alpha value is -2.36. The van der Waals surface area contributed by atoms with Gasteiger partial charge in [-0.05, 0) is 36.3 Å². The van der Waals surface area contributed by atoms with Crippen LogP contribution in [0.15, 0.2) is 48.1 Å². The lowest BCUT2D eigenvalue weighted by Crippen LogP contribution is -2.30. The average Bonchev–Trinajstić information content (AvgIpc) is 3.05. The van der Waals surface area contributed by atoms with Gasteiger partial charge in [0.2, 0.25) is 5.91 Å². The molecule has 4 nitrogen and oxygen atoms in total. The number of nitrogens with zero attached hydrogens (tertiary/aromatic N) is 1. The van der Waals surface area contributed by atoms with Gasteiger partial charge in [0.05, 0.1) is 13.5 Å². The smallest absolute Gasteiger partial charge is 0.334 e. The number of benzene rings is 1. The van der Waals surface area contributed by atoms with E-state index in [0.717, 1.165) is 31.5 Å². The van der Waals surface area contributed by atoms with Gasteiger partial charge in [0.1, 0.15) is 0 Å². The third-order valence-electron chi connectivity index (χ3n) is 4.90. The Labute approximate surface area is 142 Å². The van der Waals surface area contributed by atoms with Crippen molar-refractivity contribution in [3.8, 4) is 0 Å². The van der Waals surface area contributed by atoms with Crippen molar-refractivity contribution in [1.29, 1.82) is 0 Å². The Balaban J connectivity index is 1.70. The summed E-state index contributed by atoms with van der Waals surface area (Å²) < 4.78 is 4.85. The van der Waals surface area contributed by atoms with Crippen molar-refractivity contribution in [2.24, 2.45) is 11.8 Å². The summed E-state index contributed by atoms with van der Waals surface area (Å²) in [6, 6.07) is 9.54. The van der Waals surface area contributed by atoms with Crippen LogP contribution in [0.3, 0.4) is 0 Å². The van der Waals surface area contributed by atoms with E-state index in [1.54, 1.807) is 6.08 Å². The highest BCUT2D eigenvalue weighted by molar-refractivity contribution is 5.99. The molecule has 1 aliphatic heterocycles. The highest BCUT2D eigenvalue weighted by Crippen LogP contribution is 2.33. The van der Waals surface area contributed by atoms with E-state index < -0.39 is 5.97 Å². The molecule has 1 aromatic rings. The summed E-state index contributed by atoms with van der Waals surface area (Å²) >= 11 is 0. The molecule has 1 saturated heterocycles. The van der Waals surface area contributed by atoms with Crippen LogP contribution in [-0.2, 0) is 14.3 Å². The van der Waals surface area contributed by atoms with Crippen LogP contribution in [0.4, 0.5) is 0 Å². The van der Waals surface area contributed by atoms with Crippen molar-refractivity contribution in [2.75, 3.05) is 20.2 Å². The minimum absolute atomic E-state index is 0.0111. The van der Waals surface area contributed by atoms with Crippen LogP contribution in [0.2, 0.25) is 0 Å². The molecule has 1 aromatic carbocycles. The molecule has 0 bridgehead atoms. The monoisotopic (exact) mass is 325 g/mol. The first-order valence-electron chi connectivity index (χ1n) is 8.44. The summed E-state index contributed by atoms with van der Waals surface area (Å²) in [4.78, 5) is 26.6. The number of carbonyl (C=O) groups is 2. The normalized spacial score (nSPS) is 23.0. The minimum atomic E-state index is -0.439. The van der Waals surface area contributed by atoms with Crippen molar-refractivity contribution in [3.63, 3.8) is 0 Å². The van der Waals surface area contributed by atoms with Gasteiger partial charge in [-0.1, -0.05) is 42.5 Å². The van der Waals surface area contributed by atoms with Crippen molar-refractivity contribution in [2.45, 2.75) is 19.3 Å². The molecular weight excluding hydrogens is 302 g/mol. The van der Waals surface area contributed by atoms with Crippen LogP contribution in [0.25, 0.3) is 6.08 Å². The van der Waals surface area contributed by atoms with Crippen LogP contribution in [-0.4, -0.2) is 37.0 Å². The Morgan fingerprint density at radius 1 is 1.12 bits per heavy atom. The predicted molar refractivity (Wildman–Crippen MR) is 93.0 cm³/mol. The van der Waals surface area contributed by atoms with Gasteiger partial charge in [-0.25, -0.2) is 4.79 Å². The lowest BCUT2D eigenvalue weighted by Gasteiger charge is -2.17. The standard InChI is InChI=1S/C20H23NO3/c1-24-20(23)18(11-15-7-3-2-4-8-15)12-19(22)21-13-16-9-5-6-10-17(16)14-21/h2-8,11,16-17H,9-10,12-14H2,1H3/t16-,17+. The van der Waals surface area contributed by atoms with Crippen molar-refractivity contribution >= 4 is 18.0 Å². The zero-order chi connectivity index (χ0) is 16.9. The highest BCUT2D eigenvalue weighted by atomic mass is 16.5. The Morgan fingerprint density at radius 3 is 2.33 bits per heavy atom. The molecule has 0 spiro atoms. The lowest BCUT2D eigenvalue weighted by molar-refractivity contribution is -0.138. The van der Waals surface area contributed by atoms with E-state index in [4.69, 9.17) is 4.74 Å². The van der Waals surface area contributed by atoms with Crippen LogP contribution >= 0.6 is 0 Å². The van der Waals surface area contributed by atoms with E-state index in [2.05, 4.69) is 12.2 Å². The number of allylic oxidation sites excluding steroid dienone is 2.